The second-order valence-corrected chi connectivity index (χ2v) is 8.42. The van der Waals surface area contributed by atoms with Crippen molar-refractivity contribution in [2.45, 2.75) is 32.4 Å². The highest BCUT2D eigenvalue weighted by molar-refractivity contribution is 6.30. The van der Waals surface area contributed by atoms with Gasteiger partial charge in [-0.05, 0) is 60.9 Å². The number of hydrogen-bond donors (Lipinski definition) is 2. The molecule has 0 bridgehead atoms. The summed E-state index contributed by atoms with van der Waals surface area (Å²) in [5.74, 6) is 1.66. The molecule has 2 N–H and O–H groups in total. The molecule has 5 nitrogen and oxygen atoms in total. The number of benzene rings is 3. The maximum Gasteiger partial charge on any atom is 0.219 e. The summed E-state index contributed by atoms with van der Waals surface area (Å²) in [6.45, 7) is 3.92. The quantitative estimate of drug-likeness (QED) is 0.453. The van der Waals surface area contributed by atoms with Crippen molar-refractivity contribution in [3.8, 4) is 11.5 Å². The van der Waals surface area contributed by atoms with Crippen LogP contribution in [0.25, 0.3) is 0 Å². The van der Waals surface area contributed by atoms with Crippen LogP contribution in [0.2, 0.25) is 5.02 Å². The molecule has 0 spiro atoms. The fourth-order valence-corrected chi connectivity index (χ4v) is 4.02. The van der Waals surface area contributed by atoms with E-state index in [1.54, 1.807) is 6.92 Å². The molecule has 1 aliphatic rings. The van der Waals surface area contributed by atoms with E-state index in [1.165, 1.54) is 5.56 Å². The fourth-order valence-electron chi connectivity index (χ4n) is 3.90. The van der Waals surface area contributed by atoms with Gasteiger partial charge in [0.25, 0.3) is 0 Å². The van der Waals surface area contributed by atoms with Gasteiger partial charge in [-0.1, -0.05) is 41.9 Å². The van der Waals surface area contributed by atoms with Gasteiger partial charge in [0.2, 0.25) is 5.91 Å². The number of halogens is 1. The lowest BCUT2D eigenvalue weighted by atomic mass is 10.0. The van der Waals surface area contributed by atoms with Crippen LogP contribution in [-0.2, 0) is 11.3 Å². The fraction of sp³-hybridized carbons (Fsp3) is 0.269. The van der Waals surface area contributed by atoms with Crippen molar-refractivity contribution in [1.82, 2.24) is 4.90 Å². The lowest BCUT2D eigenvalue weighted by Gasteiger charge is -2.32. The van der Waals surface area contributed by atoms with Crippen molar-refractivity contribution in [3.05, 3.63) is 83.4 Å². The molecule has 32 heavy (non-hydrogen) atoms. The zero-order valence-corrected chi connectivity index (χ0v) is 18.9. The molecule has 6 heteroatoms. The Morgan fingerprint density at radius 2 is 1.62 bits per heavy atom. The van der Waals surface area contributed by atoms with E-state index in [1.807, 2.05) is 59.5 Å². The molecule has 0 saturated carbocycles. The molecular formula is C26H28ClN3O2. The van der Waals surface area contributed by atoms with Crippen molar-refractivity contribution >= 4 is 28.9 Å². The van der Waals surface area contributed by atoms with Crippen LogP contribution in [0, 0.1) is 0 Å². The highest BCUT2D eigenvalue weighted by atomic mass is 35.5. The van der Waals surface area contributed by atoms with Crippen molar-refractivity contribution in [1.29, 1.82) is 0 Å². The Balaban J connectivity index is 1.41. The van der Waals surface area contributed by atoms with Crippen LogP contribution >= 0.6 is 11.6 Å². The van der Waals surface area contributed by atoms with Crippen molar-refractivity contribution in [2.24, 2.45) is 0 Å². The van der Waals surface area contributed by atoms with E-state index in [0.717, 1.165) is 48.8 Å². The predicted molar refractivity (Wildman–Crippen MR) is 131 cm³/mol. The summed E-state index contributed by atoms with van der Waals surface area (Å²) in [6.07, 6.45) is 1.91. The summed E-state index contributed by atoms with van der Waals surface area (Å²) >= 11 is 5.98. The van der Waals surface area contributed by atoms with Crippen LogP contribution in [0.3, 0.4) is 0 Å². The first-order valence-corrected chi connectivity index (χ1v) is 11.3. The summed E-state index contributed by atoms with van der Waals surface area (Å²) in [4.78, 5) is 13.5. The summed E-state index contributed by atoms with van der Waals surface area (Å²) in [6, 6.07) is 24.0. The van der Waals surface area contributed by atoms with Gasteiger partial charge in [0.1, 0.15) is 5.75 Å². The standard InChI is InChI=1S/C26H28ClN3O2/c1-19(31)30-16-14-22(15-17-30)29-24-7-3-2-6-20(24)18-28-25-8-4-5-9-26(25)32-23-12-10-21(27)11-13-23/h2-13,22,28-29H,14-18H2,1H3. The number of carbonyl (C=O) groups is 1. The monoisotopic (exact) mass is 449 g/mol. The number of para-hydroxylation sites is 3. The van der Waals surface area contributed by atoms with Gasteiger partial charge in [-0.3, -0.25) is 4.79 Å². The maximum atomic E-state index is 11.6. The minimum absolute atomic E-state index is 0.160. The van der Waals surface area contributed by atoms with Gasteiger partial charge in [0.05, 0.1) is 5.69 Å². The van der Waals surface area contributed by atoms with Gasteiger partial charge in [-0.2, -0.15) is 0 Å². The van der Waals surface area contributed by atoms with Crippen LogP contribution in [0.15, 0.2) is 72.8 Å². The molecule has 0 atom stereocenters. The minimum atomic E-state index is 0.160. The topological polar surface area (TPSA) is 53.6 Å². The van der Waals surface area contributed by atoms with E-state index in [9.17, 15) is 4.79 Å². The number of hydrogen-bond acceptors (Lipinski definition) is 4. The van der Waals surface area contributed by atoms with Gasteiger partial charge in [-0.25, -0.2) is 0 Å². The minimum Gasteiger partial charge on any atom is -0.455 e. The molecule has 3 aromatic carbocycles. The second kappa shape index (κ2) is 10.4. The molecule has 0 unspecified atom stereocenters. The summed E-state index contributed by atoms with van der Waals surface area (Å²) in [5, 5.41) is 7.88. The van der Waals surface area contributed by atoms with Gasteiger partial charge in [0.15, 0.2) is 5.75 Å². The van der Waals surface area contributed by atoms with E-state index < -0.39 is 0 Å². The Morgan fingerprint density at radius 1 is 0.969 bits per heavy atom. The molecule has 0 aromatic heterocycles. The van der Waals surface area contributed by atoms with Crippen LogP contribution in [0.5, 0.6) is 11.5 Å². The van der Waals surface area contributed by atoms with E-state index in [4.69, 9.17) is 16.3 Å². The van der Waals surface area contributed by atoms with Crippen LogP contribution in [-0.4, -0.2) is 29.9 Å². The zero-order valence-electron chi connectivity index (χ0n) is 18.2. The number of anilines is 2. The number of amides is 1. The molecule has 1 amide bonds. The van der Waals surface area contributed by atoms with E-state index in [2.05, 4.69) is 28.8 Å². The van der Waals surface area contributed by atoms with E-state index in [0.29, 0.717) is 17.6 Å². The molecule has 3 aromatic rings. The third kappa shape index (κ3) is 5.74. The maximum absolute atomic E-state index is 11.6. The SMILES string of the molecule is CC(=O)N1CCC(Nc2ccccc2CNc2ccccc2Oc2ccc(Cl)cc2)CC1. The largest absolute Gasteiger partial charge is 0.455 e. The molecule has 4 rings (SSSR count). The molecule has 0 radical (unpaired) electrons. The second-order valence-electron chi connectivity index (χ2n) is 7.99. The molecule has 1 heterocycles. The van der Waals surface area contributed by atoms with Gasteiger partial charge in [-0.15, -0.1) is 0 Å². The Hall–Kier alpha value is -3.18. The third-order valence-electron chi connectivity index (χ3n) is 5.72. The van der Waals surface area contributed by atoms with Crippen molar-refractivity contribution in [3.63, 3.8) is 0 Å². The smallest absolute Gasteiger partial charge is 0.219 e. The molecule has 0 aliphatic carbocycles. The summed E-state index contributed by atoms with van der Waals surface area (Å²) < 4.78 is 6.07. The van der Waals surface area contributed by atoms with Crippen LogP contribution in [0.1, 0.15) is 25.3 Å². The Labute approximate surface area is 194 Å². The first-order chi connectivity index (χ1) is 15.6. The molecule has 166 valence electrons. The van der Waals surface area contributed by atoms with Crippen LogP contribution < -0.4 is 15.4 Å². The number of carbonyl (C=O) groups excluding carboxylic acids is 1. The van der Waals surface area contributed by atoms with Crippen LogP contribution in [0.4, 0.5) is 11.4 Å². The Kier molecular flexibility index (Phi) is 7.17. The highest BCUT2D eigenvalue weighted by Gasteiger charge is 2.21. The van der Waals surface area contributed by atoms with Gasteiger partial charge >= 0.3 is 0 Å². The Bertz CT molecular complexity index is 1050. The average Bonchev–Trinajstić information content (AvgIpc) is 2.81. The van der Waals surface area contributed by atoms with Crippen molar-refractivity contribution in [2.75, 3.05) is 23.7 Å². The first-order valence-electron chi connectivity index (χ1n) is 10.9. The first kappa shape index (κ1) is 22.0. The molecular weight excluding hydrogens is 422 g/mol. The van der Waals surface area contributed by atoms with Gasteiger partial charge in [0, 0.05) is 43.3 Å². The van der Waals surface area contributed by atoms with Gasteiger partial charge < -0.3 is 20.3 Å². The average molecular weight is 450 g/mol. The zero-order chi connectivity index (χ0) is 22.3. The number of piperidine rings is 1. The third-order valence-corrected chi connectivity index (χ3v) is 5.97. The highest BCUT2D eigenvalue weighted by Crippen LogP contribution is 2.31. The molecule has 1 fully saturated rings. The number of likely N-dealkylation sites (tertiary alicyclic amines) is 1. The summed E-state index contributed by atoms with van der Waals surface area (Å²) in [5.41, 5.74) is 3.23. The molecule has 1 saturated heterocycles. The molecule has 1 aliphatic heterocycles. The number of ether oxygens (including phenoxy) is 1. The van der Waals surface area contributed by atoms with E-state index in [-0.39, 0.29) is 5.91 Å². The van der Waals surface area contributed by atoms with Crippen molar-refractivity contribution < 1.29 is 9.53 Å². The lowest BCUT2D eigenvalue weighted by Crippen LogP contribution is -2.41. The number of rotatable bonds is 7. The number of nitrogens with one attached hydrogen (secondary N) is 2. The number of nitrogens with zero attached hydrogens (tertiary/aromatic N) is 1. The van der Waals surface area contributed by atoms with E-state index >= 15 is 0 Å². The summed E-state index contributed by atoms with van der Waals surface area (Å²) in [7, 11) is 0. The normalized spacial score (nSPS) is 14.1. The Morgan fingerprint density at radius 3 is 2.34 bits per heavy atom. The lowest BCUT2D eigenvalue weighted by molar-refractivity contribution is -0.129. The predicted octanol–water partition coefficient (Wildman–Crippen LogP) is 6.17.